The van der Waals surface area contributed by atoms with E-state index in [1.165, 1.54) is 4.31 Å². The molecule has 0 radical (unpaired) electrons. The zero-order chi connectivity index (χ0) is 19.9. The number of nitrogens with zero attached hydrogens (tertiary/aromatic N) is 2. The summed E-state index contributed by atoms with van der Waals surface area (Å²) in [7, 11) is -3.64. The first-order valence-corrected chi connectivity index (χ1v) is 10.9. The second-order valence-electron chi connectivity index (χ2n) is 7.42. The maximum Gasteiger partial charge on any atom is 0.265 e. The highest BCUT2D eigenvalue weighted by molar-refractivity contribution is 7.89. The van der Waals surface area contributed by atoms with E-state index in [-0.39, 0.29) is 0 Å². The number of rotatable bonds is 4. The Morgan fingerprint density at radius 3 is 2.39 bits per heavy atom. The van der Waals surface area contributed by atoms with Crippen LogP contribution in [-0.2, 0) is 16.4 Å². The van der Waals surface area contributed by atoms with Crippen LogP contribution in [0, 0.1) is 20.8 Å². The van der Waals surface area contributed by atoms with Gasteiger partial charge in [-0.2, -0.15) is 0 Å². The van der Waals surface area contributed by atoms with Gasteiger partial charge in [0.05, 0.1) is 18.0 Å². The van der Waals surface area contributed by atoms with Crippen LogP contribution in [0.25, 0.3) is 10.8 Å². The molecule has 3 aromatic carbocycles. The molecule has 0 spiro atoms. The molecule has 0 saturated heterocycles. The summed E-state index contributed by atoms with van der Waals surface area (Å²) < 4.78 is 28.5. The van der Waals surface area contributed by atoms with Gasteiger partial charge in [0.15, 0.2) is 0 Å². The largest absolute Gasteiger partial charge is 0.269 e. The Balaban J connectivity index is 1.73. The summed E-state index contributed by atoms with van der Waals surface area (Å²) in [5.74, 6) is 0.621. The zero-order valence-electron chi connectivity index (χ0n) is 16.4. The van der Waals surface area contributed by atoms with Crippen LogP contribution in [0.3, 0.4) is 0 Å². The quantitative estimate of drug-likeness (QED) is 0.660. The molecule has 0 bridgehead atoms. The molecular formula is C23H24N2O2S. The molecule has 4 rings (SSSR count). The van der Waals surface area contributed by atoms with Crippen molar-refractivity contribution in [1.82, 2.24) is 4.31 Å². The summed E-state index contributed by atoms with van der Waals surface area (Å²) in [5.41, 5.74) is 3.74. The summed E-state index contributed by atoms with van der Waals surface area (Å²) in [6.45, 7) is 6.62. The molecule has 0 aromatic heterocycles. The molecule has 3 aromatic rings. The minimum absolute atomic E-state index is 0.398. The molecule has 5 heteroatoms. The SMILES string of the molecule is Cc1cc(C)c(S(=O)(=O)N2CCN=C2Cc2cccc3ccccc23)c(C)c1. The molecule has 144 valence electrons. The van der Waals surface area contributed by atoms with Crippen molar-refractivity contribution in [2.75, 3.05) is 13.1 Å². The highest BCUT2D eigenvalue weighted by Gasteiger charge is 2.33. The van der Waals surface area contributed by atoms with Crippen molar-refractivity contribution in [1.29, 1.82) is 0 Å². The second-order valence-corrected chi connectivity index (χ2v) is 9.22. The average molecular weight is 393 g/mol. The molecule has 1 aliphatic rings. The fraction of sp³-hybridized carbons (Fsp3) is 0.261. The first kappa shape index (κ1) is 18.7. The molecule has 0 aliphatic carbocycles. The van der Waals surface area contributed by atoms with Crippen LogP contribution in [-0.4, -0.2) is 31.6 Å². The number of sulfonamides is 1. The third kappa shape index (κ3) is 3.20. The van der Waals surface area contributed by atoms with Gasteiger partial charge in [-0.1, -0.05) is 60.2 Å². The van der Waals surface area contributed by atoms with Crippen molar-refractivity contribution in [3.63, 3.8) is 0 Å². The number of benzene rings is 3. The Labute approximate surface area is 166 Å². The molecule has 0 amide bonds. The molecule has 0 saturated carbocycles. The molecular weight excluding hydrogens is 368 g/mol. The molecule has 1 heterocycles. The lowest BCUT2D eigenvalue weighted by Gasteiger charge is -2.23. The number of hydrogen-bond acceptors (Lipinski definition) is 3. The fourth-order valence-electron chi connectivity index (χ4n) is 4.18. The van der Waals surface area contributed by atoms with Crippen molar-refractivity contribution >= 4 is 26.6 Å². The normalized spacial score (nSPS) is 14.5. The van der Waals surface area contributed by atoms with E-state index in [4.69, 9.17) is 0 Å². The molecule has 0 N–H and O–H groups in total. The summed E-state index contributed by atoms with van der Waals surface area (Å²) in [6, 6.07) is 18.2. The van der Waals surface area contributed by atoms with Crippen molar-refractivity contribution < 1.29 is 8.42 Å². The molecule has 28 heavy (non-hydrogen) atoms. The lowest BCUT2D eigenvalue weighted by Crippen LogP contribution is -2.36. The fourth-order valence-corrected chi connectivity index (χ4v) is 6.06. The number of hydrogen-bond donors (Lipinski definition) is 0. The number of aryl methyl sites for hydroxylation is 3. The summed E-state index contributed by atoms with van der Waals surface area (Å²) in [4.78, 5) is 4.96. The lowest BCUT2D eigenvalue weighted by atomic mass is 10.0. The van der Waals surface area contributed by atoms with Gasteiger partial charge < -0.3 is 0 Å². The van der Waals surface area contributed by atoms with E-state index in [1.54, 1.807) is 0 Å². The maximum absolute atomic E-state index is 13.5. The number of fused-ring (bicyclic) bond motifs is 1. The zero-order valence-corrected chi connectivity index (χ0v) is 17.3. The van der Waals surface area contributed by atoms with Gasteiger partial charge in [0, 0.05) is 6.42 Å². The van der Waals surface area contributed by atoms with E-state index in [0.717, 1.165) is 33.0 Å². The molecule has 0 unspecified atom stereocenters. The monoisotopic (exact) mass is 392 g/mol. The average Bonchev–Trinajstić information content (AvgIpc) is 3.10. The minimum Gasteiger partial charge on any atom is -0.269 e. The first-order valence-electron chi connectivity index (χ1n) is 9.48. The van der Waals surface area contributed by atoms with E-state index < -0.39 is 10.0 Å². The summed E-state index contributed by atoms with van der Waals surface area (Å²) >= 11 is 0. The van der Waals surface area contributed by atoms with Crippen molar-refractivity contribution in [3.8, 4) is 0 Å². The van der Waals surface area contributed by atoms with Gasteiger partial charge in [0.1, 0.15) is 5.84 Å². The van der Waals surface area contributed by atoms with Gasteiger partial charge >= 0.3 is 0 Å². The number of aliphatic imine (C=N–C) groups is 1. The van der Waals surface area contributed by atoms with Crippen LogP contribution in [0.4, 0.5) is 0 Å². The Morgan fingerprint density at radius 2 is 1.64 bits per heavy atom. The van der Waals surface area contributed by atoms with E-state index >= 15 is 0 Å². The van der Waals surface area contributed by atoms with Gasteiger partial charge in [-0.15, -0.1) is 0 Å². The summed E-state index contributed by atoms with van der Waals surface area (Å²) in [5, 5.41) is 2.29. The van der Waals surface area contributed by atoms with Crippen molar-refractivity contribution in [2.45, 2.75) is 32.1 Å². The highest BCUT2D eigenvalue weighted by Crippen LogP contribution is 2.28. The minimum atomic E-state index is -3.64. The van der Waals surface area contributed by atoms with Gasteiger partial charge in [-0.25, -0.2) is 8.42 Å². The Morgan fingerprint density at radius 1 is 0.964 bits per heavy atom. The molecule has 4 nitrogen and oxygen atoms in total. The van der Waals surface area contributed by atoms with Crippen LogP contribution < -0.4 is 0 Å². The van der Waals surface area contributed by atoms with Gasteiger partial charge in [0.2, 0.25) is 0 Å². The Hall–Kier alpha value is -2.66. The predicted octanol–water partition coefficient (Wildman–Crippen LogP) is 4.41. The lowest BCUT2D eigenvalue weighted by molar-refractivity contribution is 0.534. The topological polar surface area (TPSA) is 49.7 Å². The Kier molecular flexibility index (Phi) is 4.71. The van der Waals surface area contributed by atoms with Crippen LogP contribution in [0.5, 0.6) is 0 Å². The number of amidine groups is 1. The standard InChI is InChI=1S/C23H24N2O2S/c1-16-13-17(2)23(18(3)14-16)28(26,27)25-12-11-24-22(25)15-20-9-6-8-19-7-4-5-10-21(19)20/h4-10,13-14H,11-12,15H2,1-3H3. The van der Waals surface area contributed by atoms with Crippen LogP contribution in [0.2, 0.25) is 0 Å². The second kappa shape index (κ2) is 7.06. The van der Waals surface area contributed by atoms with Crippen LogP contribution >= 0.6 is 0 Å². The Bertz CT molecular complexity index is 1170. The highest BCUT2D eigenvalue weighted by atomic mass is 32.2. The van der Waals surface area contributed by atoms with Crippen LogP contribution in [0.15, 0.2) is 64.5 Å². The molecule has 0 atom stereocenters. The van der Waals surface area contributed by atoms with Crippen molar-refractivity contribution in [3.05, 3.63) is 76.9 Å². The molecule has 0 fully saturated rings. The van der Waals surface area contributed by atoms with E-state index in [2.05, 4.69) is 29.3 Å². The van der Waals surface area contributed by atoms with Crippen molar-refractivity contribution in [2.24, 2.45) is 4.99 Å². The maximum atomic E-state index is 13.5. The van der Waals surface area contributed by atoms with Gasteiger partial charge in [-0.3, -0.25) is 9.30 Å². The van der Waals surface area contributed by atoms with E-state index in [1.807, 2.05) is 51.1 Å². The smallest absolute Gasteiger partial charge is 0.265 e. The first-order chi connectivity index (χ1) is 13.4. The third-order valence-corrected chi connectivity index (χ3v) is 7.40. The molecule has 1 aliphatic heterocycles. The van der Waals surface area contributed by atoms with Crippen LogP contribution in [0.1, 0.15) is 22.3 Å². The summed E-state index contributed by atoms with van der Waals surface area (Å²) in [6.07, 6.45) is 0.505. The van der Waals surface area contributed by atoms with E-state index in [9.17, 15) is 8.42 Å². The van der Waals surface area contributed by atoms with E-state index in [0.29, 0.717) is 30.2 Å². The third-order valence-electron chi connectivity index (χ3n) is 5.27. The van der Waals surface area contributed by atoms with Gasteiger partial charge in [0.25, 0.3) is 10.0 Å². The predicted molar refractivity (Wildman–Crippen MR) is 114 cm³/mol. The van der Waals surface area contributed by atoms with Gasteiger partial charge in [-0.05, 0) is 48.2 Å².